The number of methoxy groups -OCH3 is 1. The predicted octanol–water partition coefficient (Wildman–Crippen LogP) is 2.90. The lowest BCUT2D eigenvalue weighted by Crippen LogP contribution is -2.43. The van der Waals surface area contributed by atoms with E-state index in [0.29, 0.717) is 5.92 Å². The summed E-state index contributed by atoms with van der Waals surface area (Å²) in [5.41, 5.74) is 4.04. The molecular formula is C21H26N2O2. The lowest BCUT2D eigenvalue weighted by molar-refractivity contribution is 0.220. The Bertz CT molecular complexity index is 726. The minimum absolute atomic E-state index is 0.527. The zero-order valence-corrected chi connectivity index (χ0v) is 14.8. The van der Waals surface area contributed by atoms with Crippen LogP contribution in [0.25, 0.3) is 0 Å². The van der Waals surface area contributed by atoms with Crippen molar-refractivity contribution < 1.29 is 9.47 Å². The fraction of sp³-hybridized carbons (Fsp3) is 0.429. The molecule has 1 saturated heterocycles. The van der Waals surface area contributed by atoms with Crippen molar-refractivity contribution in [3.8, 4) is 11.5 Å². The number of nitrogens with zero attached hydrogens (tertiary/aromatic N) is 1. The Hall–Kier alpha value is -2.20. The standard InChI is InChI=1S/C21H26N2O2/c1-24-20-6-5-18-12-17(15-25-21(18)14-20)11-16-3-2-4-19(13-16)23-9-7-22-8-10-23/h2-6,13-14,17,22H,7-12,15H2,1H3/t17-/m1/s1. The van der Waals surface area contributed by atoms with E-state index < -0.39 is 0 Å². The van der Waals surface area contributed by atoms with Crippen LogP contribution in [0.2, 0.25) is 0 Å². The van der Waals surface area contributed by atoms with Crippen molar-refractivity contribution in [2.24, 2.45) is 5.92 Å². The molecule has 0 amide bonds. The summed E-state index contributed by atoms with van der Waals surface area (Å²) in [4.78, 5) is 2.47. The second-order valence-corrected chi connectivity index (χ2v) is 6.97. The molecule has 2 heterocycles. The molecule has 25 heavy (non-hydrogen) atoms. The molecule has 4 rings (SSSR count). The molecule has 1 N–H and O–H groups in total. The Kier molecular flexibility index (Phi) is 4.79. The molecule has 4 nitrogen and oxygen atoms in total. The molecular weight excluding hydrogens is 312 g/mol. The van der Waals surface area contributed by atoms with Gasteiger partial charge in [0, 0.05) is 43.9 Å². The molecule has 1 fully saturated rings. The zero-order valence-electron chi connectivity index (χ0n) is 14.8. The van der Waals surface area contributed by atoms with Crippen LogP contribution in [0.4, 0.5) is 5.69 Å². The number of fused-ring (bicyclic) bond motifs is 1. The molecule has 0 spiro atoms. The Morgan fingerprint density at radius 1 is 1.16 bits per heavy atom. The number of hydrogen-bond donors (Lipinski definition) is 1. The van der Waals surface area contributed by atoms with E-state index in [2.05, 4.69) is 40.5 Å². The summed E-state index contributed by atoms with van der Waals surface area (Å²) in [6.07, 6.45) is 2.13. The van der Waals surface area contributed by atoms with Gasteiger partial charge in [-0.25, -0.2) is 0 Å². The van der Waals surface area contributed by atoms with Crippen LogP contribution in [0.3, 0.4) is 0 Å². The molecule has 0 aromatic heterocycles. The van der Waals surface area contributed by atoms with Crippen LogP contribution in [0.1, 0.15) is 11.1 Å². The second kappa shape index (κ2) is 7.36. The van der Waals surface area contributed by atoms with Gasteiger partial charge < -0.3 is 19.7 Å². The van der Waals surface area contributed by atoms with E-state index >= 15 is 0 Å². The van der Waals surface area contributed by atoms with Crippen LogP contribution in [-0.2, 0) is 12.8 Å². The average Bonchev–Trinajstić information content (AvgIpc) is 2.68. The molecule has 2 aromatic rings. The molecule has 0 aliphatic carbocycles. The quantitative estimate of drug-likeness (QED) is 0.929. The van der Waals surface area contributed by atoms with E-state index in [9.17, 15) is 0 Å². The molecule has 0 saturated carbocycles. The highest BCUT2D eigenvalue weighted by Crippen LogP contribution is 2.32. The van der Waals surface area contributed by atoms with Gasteiger partial charge in [0.1, 0.15) is 11.5 Å². The van der Waals surface area contributed by atoms with E-state index in [1.54, 1.807) is 7.11 Å². The molecule has 0 radical (unpaired) electrons. The number of piperazine rings is 1. The minimum Gasteiger partial charge on any atom is -0.497 e. The Labute approximate surface area is 149 Å². The van der Waals surface area contributed by atoms with Gasteiger partial charge in [0.15, 0.2) is 0 Å². The van der Waals surface area contributed by atoms with Crippen molar-refractivity contribution in [2.75, 3.05) is 44.8 Å². The fourth-order valence-corrected chi connectivity index (χ4v) is 3.81. The van der Waals surface area contributed by atoms with Gasteiger partial charge in [0.2, 0.25) is 0 Å². The van der Waals surface area contributed by atoms with Crippen LogP contribution < -0.4 is 19.7 Å². The van der Waals surface area contributed by atoms with Crippen molar-refractivity contribution >= 4 is 5.69 Å². The number of ether oxygens (including phenoxy) is 2. The van der Waals surface area contributed by atoms with Gasteiger partial charge in [0.25, 0.3) is 0 Å². The highest BCUT2D eigenvalue weighted by Gasteiger charge is 2.21. The zero-order chi connectivity index (χ0) is 17.1. The summed E-state index contributed by atoms with van der Waals surface area (Å²) in [7, 11) is 1.69. The highest BCUT2D eigenvalue weighted by molar-refractivity contribution is 5.49. The molecule has 2 aliphatic rings. The van der Waals surface area contributed by atoms with E-state index in [1.807, 2.05) is 12.1 Å². The monoisotopic (exact) mass is 338 g/mol. The summed E-state index contributed by atoms with van der Waals surface area (Å²) in [6, 6.07) is 15.2. The van der Waals surface area contributed by atoms with E-state index in [0.717, 1.165) is 57.1 Å². The van der Waals surface area contributed by atoms with Gasteiger partial charge in [-0.2, -0.15) is 0 Å². The number of hydrogen-bond acceptors (Lipinski definition) is 4. The smallest absolute Gasteiger partial charge is 0.126 e. The van der Waals surface area contributed by atoms with Gasteiger partial charge in [-0.3, -0.25) is 0 Å². The first kappa shape index (κ1) is 16.3. The van der Waals surface area contributed by atoms with Crippen molar-refractivity contribution in [1.29, 1.82) is 0 Å². The average molecular weight is 338 g/mol. The lowest BCUT2D eigenvalue weighted by Gasteiger charge is -2.30. The third-order valence-corrected chi connectivity index (χ3v) is 5.17. The first-order chi connectivity index (χ1) is 12.3. The largest absolute Gasteiger partial charge is 0.497 e. The number of benzene rings is 2. The maximum Gasteiger partial charge on any atom is 0.126 e. The third kappa shape index (κ3) is 3.74. The minimum atomic E-state index is 0.527. The van der Waals surface area contributed by atoms with Gasteiger partial charge in [-0.1, -0.05) is 18.2 Å². The van der Waals surface area contributed by atoms with Crippen molar-refractivity contribution in [3.63, 3.8) is 0 Å². The van der Waals surface area contributed by atoms with Crippen LogP contribution in [0, 0.1) is 5.92 Å². The van der Waals surface area contributed by atoms with Crippen LogP contribution in [0.5, 0.6) is 11.5 Å². The molecule has 0 bridgehead atoms. The summed E-state index contributed by atoms with van der Waals surface area (Å²) in [5, 5.41) is 3.42. The molecule has 2 aliphatic heterocycles. The van der Waals surface area contributed by atoms with Crippen molar-refractivity contribution in [2.45, 2.75) is 12.8 Å². The molecule has 132 valence electrons. The topological polar surface area (TPSA) is 33.7 Å². The van der Waals surface area contributed by atoms with Gasteiger partial charge in [-0.15, -0.1) is 0 Å². The summed E-state index contributed by atoms with van der Waals surface area (Å²) >= 11 is 0. The Morgan fingerprint density at radius 2 is 2.04 bits per heavy atom. The highest BCUT2D eigenvalue weighted by atomic mass is 16.5. The van der Waals surface area contributed by atoms with Crippen molar-refractivity contribution in [3.05, 3.63) is 53.6 Å². The van der Waals surface area contributed by atoms with E-state index in [4.69, 9.17) is 9.47 Å². The van der Waals surface area contributed by atoms with Crippen LogP contribution >= 0.6 is 0 Å². The van der Waals surface area contributed by atoms with Crippen molar-refractivity contribution in [1.82, 2.24) is 5.32 Å². The third-order valence-electron chi connectivity index (χ3n) is 5.17. The maximum absolute atomic E-state index is 6.00. The first-order valence-corrected chi connectivity index (χ1v) is 9.16. The molecule has 0 unspecified atom stereocenters. The number of nitrogens with one attached hydrogen (secondary N) is 1. The predicted molar refractivity (Wildman–Crippen MR) is 101 cm³/mol. The number of anilines is 1. The van der Waals surface area contributed by atoms with E-state index in [-0.39, 0.29) is 0 Å². The molecule has 2 aromatic carbocycles. The van der Waals surface area contributed by atoms with Gasteiger partial charge in [-0.05, 0) is 42.2 Å². The Morgan fingerprint density at radius 3 is 2.88 bits per heavy atom. The Balaban J connectivity index is 1.44. The fourth-order valence-electron chi connectivity index (χ4n) is 3.81. The maximum atomic E-state index is 6.00. The summed E-state index contributed by atoms with van der Waals surface area (Å²) < 4.78 is 11.3. The first-order valence-electron chi connectivity index (χ1n) is 9.16. The van der Waals surface area contributed by atoms with Crippen LogP contribution in [0.15, 0.2) is 42.5 Å². The van der Waals surface area contributed by atoms with Gasteiger partial charge >= 0.3 is 0 Å². The van der Waals surface area contributed by atoms with E-state index in [1.165, 1.54) is 16.8 Å². The summed E-state index contributed by atoms with van der Waals surface area (Å²) in [6.45, 7) is 5.09. The van der Waals surface area contributed by atoms with Crippen LogP contribution in [-0.4, -0.2) is 39.9 Å². The molecule has 4 heteroatoms. The lowest BCUT2D eigenvalue weighted by atomic mass is 9.91. The number of rotatable bonds is 4. The second-order valence-electron chi connectivity index (χ2n) is 6.97. The normalized spacial score (nSPS) is 19.9. The summed E-state index contributed by atoms with van der Waals surface area (Å²) in [5.74, 6) is 2.37. The van der Waals surface area contributed by atoms with Gasteiger partial charge in [0.05, 0.1) is 13.7 Å². The molecule has 1 atom stereocenters. The SMILES string of the molecule is COc1ccc2c(c1)OC[C@H](Cc1cccc(N3CCNCC3)c1)C2.